The molecule has 0 aliphatic rings. The van der Waals surface area contributed by atoms with Crippen LogP contribution in [0, 0.1) is 6.92 Å². The van der Waals surface area contributed by atoms with Gasteiger partial charge in [0.15, 0.2) is 6.10 Å². The Kier molecular flexibility index (Phi) is 6.90. The number of aryl methyl sites for hydroxylation is 1. The highest BCUT2D eigenvalue weighted by Gasteiger charge is 2.24. The molecule has 0 saturated carbocycles. The summed E-state index contributed by atoms with van der Waals surface area (Å²) in [5.41, 5.74) is 1.63. The fraction of sp³-hybridized carbons (Fsp3) is 0.263. The molecule has 2 aromatic carbocycles. The summed E-state index contributed by atoms with van der Waals surface area (Å²) in [6, 6.07) is 12.5. The fourth-order valence-corrected chi connectivity index (χ4v) is 3.21. The van der Waals surface area contributed by atoms with Crippen molar-refractivity contribution in [2.75, 3.05) is 19.5 Å². The summed E-state index contributed by atoms with van der Waals surface area (Å²) >= 11 is 0. The summed E-state index contributed by atoms with van der Waals surface area (Å²) < 4.78 is 30.4. The monoisotopic (exact) mass is 406 g/mol. The Morgan fingerprint density at radius 2 is 1.75 bits per heavy atom. The minimum absolute atomic E-state index is 0.000522. The van der Waals surface area contributed by atoms with Crippen LogP contribution in [-0.2, 0) is 24.4 Å². The lowest BCUT2D eigenvalue weighted by Crippen LogP contribution is -2.30. The van der Waals surface area contributed by atoms with Gasteiger partial charge in [0.25, 0.3) is 15.9 Å². The Morgan fingerprint density at radius 3 is 2.36 bits per heavy atom. The molecule has 2 aromatic rings. The van der Waals surface area contributed by atoms with Gasteiger partial charge in [-0.1, -0.05) is 28.2 Å². The van der Waals surface area contributed by atoms with Crippen LogP contribution in [0.2, 0.25) is 0 Å². The van der Waals surface area contributed by atoms with Crippen LogP contribution < -0.4 is 5.32 Å². The first kappa shape index (κ1) is 21.5. The zero-order valence-corrected chi connectivity index (χ0v) is 16.8. The highest BCUT2D eigenvalue weighted by molar-refractivity contribution is 7.89. The molecule has 0 bridgehead atoms. The Hall–Kier alpha value is -2.75. The van der Waals surface area contributed by atoms with E-state index in [1.54, 1.807) is 12.1 Å². The van der Waals surface area contributed by atoms with Gasteiger partial charge in [0.2, 0.25) is 0 Å². The third-order valence-corrected chi connectivity index (χ3v) is 5.61. The Morgan fingerprint density at radius 1 is 1.11 bits per heavy atom. The molecule has 1 N–H and O–H groups in total. The number of hydroxylamine groups is 1. The molecule has 150 valence electrons. The maximum atomic E-state index is 12.3. The van der Waals surface area contributed by atoms with Gasteiger partial charge >= 0.3 is 5.97 Å². The molecular weight excluding hydrogens is 384 g/mol. The van der Waals surface area contributed by atoms with E-state index in [0.717, 1.165) is 11.6 Å². The molecule has 2 rings (SSSR count). The number of hydrogen-bond donors (Lipinski definition) is 1. The molecule has 0 fully saturated rings. The van der Waals surface area contributed by atoms with Gasteiger partial charge in [-0.2, -0.15) is 0 Å². The Labute approximate surface area is 164 Å². The first-order valence-corrected chi connectivity index (χ1v) is 9.80. The number of nitrogens with zero attached hydrogens (tertiary/aromatic N) is 1. The molecule has 28 heavy (non-hydrogen) atoms. The second-order valence-corrected chi connectivity index (χ2v) is 7.96. The van der Waals surface area contributed by atoms with Gasteiger partial charge in [0.1, 0.15) is 0 Å². The van der Waals surface area contributed by atoms with Gasteiger partial charge in [0, 0.05) is 12.7 Å². The van der Waals surface area contributed by atoms with Gasteiger partial charge in [-0.05, 0) is 44.2 Å². The lowest BCUT2D eigenvalue weighted by molar-refractivity contribution is -0.123. The number of rotatable bonds is 7. The second kappa shape index (κ2) is 8.96. The predicted molar refractivity (Wildman–Crippen MR) is 103 cm³/mol. The van der Waals surface area contributed by atoms with Crippen molar-refractivity contribution in [1.29, 1.82) is 0 Å². The summed E-state index contributed by atoms with van der Waals surface area (Å²) in [4.78, 5) is 29.1. The lowest BCUT2D eigenvalue weighted by atomic mass is 10.2. The van der Waals surface area contributed by atoms with E-state index in [1.165, 1.54) is 39.3 Å². The molecule has 0 saturated heterocycles. The Bertz CT molecular complexity index is 957. The molecule has 0 aromatic heterocycles. The van der Waals surface area contributed by atoms with Gasteiger partial charge in [-0.3, -0.25) is 9.63 Å². The number of carbonyl (C=O) groups excluding carboxylic acids is 2. The summed E-state index contributed by atoms with van der Waals surface area (Å²) in [6.07, 6.45) is -1.07. The van der Waals surface area contributed by atoms with E-state index in [-0.39, 0.29) is 10.5 Å². The third-order valence-electron chi connectivity index (χ3n) is 3.94. The van der Waals surface area contributed by atoms with Crippen LogP contribution in [0.15, 0.2) is 53.4 Å². The van der Waals surface area contributed by atoms with E-state index in [9.17, 15) is 18.0 Å². The molecule has 0 aliphatic carbocycles. The molecule has 0 radical (unpaired) electrons. The number of ether oxygens (including phenoxy) is 1. The number of carbonyl (C=O) groups is 2. The van der Waals surface area contributed by atoms with Crippen LogP contribution in [0.3, 0.4) is 0 Å². The van der Waals surface area contributed by atoms with Crippen molar-refractivity contribution in [1.82, 2.24) is 4.47 Å². The standard InChI is InChI=1S/C19H22N2O6S/c1-13-8-10-16(11-9-13)20-18(22)14(2)27-19(23)15-6-5-7-17(12-15)28(24,25)21(3)26-4/h5-12,14H,1-4H3,(H,20,22)/t14-/m0/s1. The number of sulfonamides is 1. The third kappa shape index (κ3) is 5.16. The number of amides is 1. The van der Waals surface area contributed by atoms with Crippen LogP contribution in [0.4, 0.5) is 5.69 Å². The normalized spacial score (nSPS) is 12.5. The molecule has 9 heteroatoms. The van der Waals surface area contributed by atoms with Crippen molar-refractivity contribution in [2.45, 2.75) is 24.8 Å². The molecule has 8 nitrogen and oxygen atoms in total. The number of anilines is 1. The van der Waals surface area contributed by atoms with Crippen LogP contribution in [0.5, 0.6) is 0 Å². The average molecular weight is 406 g/mol. The van der Waals surface area contributed by atoms with Crippen LogP contribution in [0.25, 0.3) is 0 Å². The van der Waals surface area contributed by atoms with E-state index in [0.29, 0.717) is 10.2 Å². The minimum atomic E-state index is -3.91. The van der Waals surface area contributed by atoms with E-state index < -0.39 is 28.0 Å². The summed E-state index contributed by atoms with van der Waals surface area (Å²) in [7, 11) is -1.46. The largest absolute Gasteiger partial charge is 0.449 e. The molecule has 1 amide bonds. The van der Waals surface area contributed by atoms with Crippen LogP contribution >= 0.6 is 0 Å². The summed E-state index contributed by atoms with van der Waals surface area (Å²) in [5.74, 6) is -1.32. The quantitative estimate of drug-likeness (QED) is 0.559. The molecule has 0 aliphatic heterocycles. The van der Waals surface area contributed by atoms with Gasteiger partial charge in [-0.25, -0.2) is 13.2 Å². The van der Waals surface area contributed by atoms with Crippen molar-refractivity contribution in [2.24, 2.45) is 0 Å². The van der Waals surface area contributed by atoms with Gasteiger partial charge < -0.3 is 10.1 Å². The number of hydrogen-bond acceptors (Lipinski definition) is 6. The van der Waals surface area contributed by atoms with Crippen molar-refractivity contribution in [3.8, 4) is 0 Å². The highest BCUT2D eigenvalue weighted by Crippen LogP contribution is 2.17. The topological polar surface area (TPSA) is 102 Å². The molecule has 1 atom stereocenters. The Balaban J connectivity index is 2.08. The first-order valence-electron chi connectivity index (χ1n) is 8.36. The fourth-order valence-electron chi connectivity index (χ4n) is 2.19. The summed E-state index contributed by atoms with van der Waals surface area (Å²) in [5, 5.41) is 2.65. The van der Waals surface area contributed by atoms with Crippen molar-refractivity contribution >= 4 is 27.6 Å². The number of nitrogens with one attached hydrogen (secondary N) is 1. The van der Waals surface area contributed by atoms with E-state index >= 15 is 0 Å². The van der Waals surface area contributed by atoms with Crippen molar-refractivity contribution in [3.63, 3.8) is 0 Å². The zero-order chi connectivity index (χ0) is 20.9. The molecule has 0 unspecified atom stereocenters. The maximum Gasteiger partial charge on any atom is 0.338 e. The average Bonchev–Trinajstić information content (AvgIpc) is 2.68. The van der Waals surface area contributed by atoms with Gasteiger partial charge in [-0.15, -0.1) is 0 Å². The van der Waals surface area contributed by atoms with E-state index in [1.807, 2.05) is 19.1 Å². The van der Waals surface area contributed by atoms with Crippen LogP contribution in [-0.4, -0.2) is 45.0 Å². The lowest BCUT2D eigenvalue weighted by Gasteiger charge is -2.16. The number of benzene rings is 2. The van der Waals surface area contributed by atoms with E-state index in [2.05, 4.69) is 5.32 Å². The SMILES string of the molecule is CON(C)S(=O)(=O)c1cccc(C(=O)O[C@@H](C)C(=O)Nc2ccc(C)cc2)c1. The first-order chi connectivity index (χ1) is 13.1. The minimum Gasteiger partial charge on any atom is -0.449 e. The van der Waals surface area contributed by atoms with E-state index in [4.69, 9.17) is 9.57 Å². The highest BCUT2D eigenvalue weighted by atomic mass is 32.2. The molecule has 0 heterocycles. The van der Waals surface area contributed by atoms with Crippen LogP contribution in [0.1, 0.15) is 22.8 Å². The molecular formula is C19H22N2O6S. The number of esters is 1. The zero-order valence-electron chi connectivity index (χ0n) is 16.0. The van der Waals surface area contributed by atoms with Gasteiger partial charge in [0.05, 0.1) is 17.6 Å². The van der Waals surface area contributed by atoms with Crippen molar-refractivity contribution < 1.29 is 27.6 Å². The smallest absolute Gasteiger partial charge is 0.338 e. The van der Waals surface area contributed by atoms with Crippen molar-refractivity contribution in [3.05, 3.63) is 59.7 Å². The predicted octanol–water partition coefficient (Wildman–Crippen LogP) is 2.36. The molecule has 0 spiro atoms. The maximum absolute atomic E-state index is 12.3. The second-order valence-electron chi connectivity index (χ2n) is 6.03. The summed E-state index contributed by atoms with van der Waals surface area (Å²) in [6.45, 7) is 3.36.